The maximum Gasteiger partial charge on any atom is 0.0845 e. The number of benzene rings is 1. The minimum absolute atomic E-state index is 0.323. The van der Waals surface area contributed by atoms with Gasteiger partial charge in [-0.3, -0.25) is 0 Å². The first-order valence-corrected chi connectivity index (χ1v) is 9.00. The average Bonchev–Trinajstić information content (AvgIpc) is 2.81. The van der Waals surface area contributed by atoms with Gasteiger partial charge in [-0.2, -0.15) is 0 Å². The van der Waals surface area contributed by atoms with Crippen LogP contribution >= 0.6 is 0 Å². The molecule has 0 saturated heterocycles. The number of aliphatic hydroxyl groups is 1. The third-order valence-electron chi connectivity index (χ3n) is 5.64. The van der Waals surface area contributed by atoms with Crippen molar-refractivity contribution in [3.8, 4) is 0 Å². The van der Waals surface area contributed by atoms with E-state index in [0.29, 0.717) is 12.6 Å². The zero-order valence-electron chi connectivity index (χ0n) is 14.8. The first-order chi connectivity index (χ1) is 11.1. The van der Waals surface area contributed by atoms with Gasteiger partial charge < -0.3 is 14.6 Å². The van der Waals surface area contributed by atoms with Gasteiger partial charge in [0, 0.05) is 29.2 Å². The van der Waals surface area contributed by atoms with E-state index in [1.165, 1.54) is 54.3 Å². The maximum absolute atomic E-state index is 10.6. The predicted octanol–water partition coefficient (Wildman–Crippen LogP) is 3.88. The van der Waals surface area contributed by atoms with Gasteiger partial charge in [0.05, 0.1) is 12.6 Å². The lowest BCUT2D eigenvalue weighted by molar-refractivity contribution is 0.0804. The summed E-state index contributed by atoms with van der Waals surface area (Å²) in [7, 11) is 2.17. The van der Waals surface area contributed by atoms with Crippen LogP contribution in [0.2, 0.25) is 0 Å². The molecule has 1 aromatic heterocycles. The number of rotatable bonds is 5. The fraction of sp³-hybridized carbons (Fsp3) is 0.600. The largest absolute Gasteiger partial charge is 0.390 e. The molecule has 1 N–H and O–H groups in total. The molecule has 1 heterocycles. The molecule has 1 unspecified atom stereocenters. The van der Waals surface area contributed by atoms with Gasteiger partial charge in [-0.05, 0) is 45.4 Å². The van der Waals surface area contributed by atoms with Crippen molar-refractivity contribution in [1.29, 1.82) is 0 Å². The smallest absolute Gasteiger partial charge is 0.0845 e. The van der Waals surface area contributed by atoms with Crippen LogP contribution in [0.3, 0.4) is 0 Å². The fourth-order valence-corrected chi connectivity index (χ4v) is 4.11. The Kier molecular flexibility index (Phi) is 5.08. The van der Waals surface area contributed by atoms with Crippen molar-refractivity contribution < 1.29 is 5.11 Å². The average molecular weight is 314 g/mol. The Morgan fingerprint density at radius 3 is 2.61 bits per heavy atom. The SMILES string of the molecule is Cc1c(C)n(CC(O)CN(C)C2CCCCC2)c2ccccc12. The Bertz CT molecular complexity index is 655. The van der Waals surface area contributed by atoms with Crippen molar-refractivity contribution in [2.75, 3.05) is 13.6 Å². The summed E-state index contributed by atoms with van der Waals surface area (Å²) in [6, 6.07) is 9.16. The minimum Gasteiger partial charge on any atom is -0.390 e. The van der Waals surface area contributed by atoms with Crippen LogP contribution in [0.5, 0.6) is 0 Å². The van der Waals surface area contributed by atoms with Crippen molar-refractivity contribution >= 4 is 10.9 Å². The summed E-state index contributed by atoms with van der Waals surface area (Å²) < 4.78 is 2.28. The van der Waals surface area contributed by atoms with E-state index in [0.717, 1.165) is 6.54 Å². The normalized spacial score (nSPS) is 18.0. The molecule has 0 radical (unpaired) electrons. The number of aliphatic hydroxyl groups excluding tert-OH is 1. The standard InChI is InChI=1S/C20H30N2O/c1-15-16(2)22(20-12-8-7-11-19(15)20)14-18(23)13-21(3)17-9-5-4-6-10-17/h7-8,11-12,17-18,23H,4-6,9-10,13-14H2,1-3H3. The summed E-state index contributed by atoms with van der Waals surface area (Å²) in [5.41, 5.74) is 3.83. The Morgan fingerprint density at radius 1 is 1.17 bits per heavy atom. The molecule has 2 aromatic rings. The van der Waals surface area contributed by atoms with Crippen LogP contribution < -0.4 is 0 Å². The van der Waals surface area contributed by atoms with Gasteiger partial charge in [0.15, 0.2) is 0 Å². The molecule has 1 aromatic carbocycles. The number of aryl methyl sites for hydroxylation is 1. The van der Waals surface area contributed by atoms with Gasteiger partial charge in [-0.15, -0.1) is 0 Å². The summed E-state index contributed by atoms with van der Waals surface area (Å²) in [5, 5.41) is 11.9. The van der Waals surface area contributed by atoms with Crippen molar-refractivity contribution in [2.45, 2.75) is 64.6 Å². The Labute approximate surface area is 139 Å². The molecule has 3 rings (SSSR count). The monoisotopic (exact) mass is 314 g/mol. The van der Waals surface area contributed by atoms with E-state index in [1.54, 1.807) is 0 Å². The number of fused-ring (bicyclic) bond motifs is 1. The number of likely N-dealkylation sites (N-methyl/N-ethyl adjacent to an activating group) is 1. The highest BCUT2D eigenvalue weighted by molar-refractivity contribution is 5.85. The molecule has 3 heteroatoms. The molecule has 126 valence electrons. The number of nitrogens with zero attached hydrogens (tertiary/aromatic N) is 2. The van der Waals surface area contributed by atoms with E-state index >= 15 is 0 Å². The summed E-state index contributed by atoms with van der Waals surface area (Å²) in [6.07, 6.45) is 6.30. The van der Waals surface area contributed by atoms with Crippen LogP contribution in [-0.4, -0.2) is 40.3 Å². The van der Waals surface area contributed by atoms with Crippen LogP contribution in [0.25, 0.3) is 10.9 Å². The van der Waals surface area contributed by atoms with Gasteiger partial charge in [0.25, 0.3) is 0 Å². The molecule has 1 saturated carbocycles. The lowest BCUT2D eigenvalue weighted by atomic mass is 9.94. The van der Waals surface area contributed by atoms with Crippen LogP contribution in [-0.2, 0) is 6.54 Å². The third kappa shape index (κ3) is 3.46. The van der Waals surface area contributed by atoms with Crippen LogP contribution in [0.4, 0.5) is 0 Å². The second-order valence-electron chi connectivity index (χ2n) is 7.22. The molecule has 3 nitrogen and oxygen atoms in total. The quantitative estimate of drug-likeness (QED) is 0.907. The molecule has 0 amide bonds. The van der Waals surface area contributed by atoms with E-state index in [2.05, 4.69) is 54.6 Å². The third-order valence-corrected chi connectivity index (χ3v) is 5.64. The highest BCUT2D eigenvalue weighted by atomic mass is 16.3. The van der Waals surface area contributed by atoms with Crippen molar-refractivity contribution in [3.05, 3.63) is 35.5 Å². The van der Waals surface area contributed by atoms with Crippen LogP contribution in [0.1, 0.15) is 43.4 Å². The molecule has 0 bridgehead atoms. The lowest BCUT2D eigenvalue weighted by Gasteiger charge is -2.32. The van der Waals surface area contributed by atoms with Crippen molar-refractivity contribution in [3.63, 3.8) is 0 Å². The van der Waals surface area contributed by atoms with Gasteiger partial charge in [0.1, 0.15) is 0 Å². The molecule has 0 spiro atoms. The van der Waals surface area contributed by atoms with Crippen LogP contribution in [0, 0.1) is 13.8 Å². The summed E-state index contributed by atoms with van der Waals surface area (Å²) >= 11 is 0. The number of hydrogen-bond donors (Lipinski definition) is 1. The summed E-state index contributed by atoms with van der Waals surface area (Å²) in [6.45, 7) is 5.77. The second kappa shape index (κ2) is 7.06. The summed E-state index contributed by atoms with van der Waals surface area (Å²) in [4.78, 5) is 2.37. The summed E-state index contributed by atoms with van der Waals surface area (Å²) in [5.74, 6) is 0. The Balaban J connectivity index is 1.70. The zero-order chi connectivity index (χ0) is 16.4. The molecular formula is C20H30N2O. The van der Waals surface area contributed by atoms with E-state index < -0.39 is 0 Å². The Hall–Kier alpha value is -1.32. The molecule has 1 aliphatic carbocycles. The van der Waals surface area contributed by atoms with Crippen molar-refractivity contribution in [2.24, 2.45) is 0 Å². The second-order valence-corrected chi connectivity index (χ2v) is 7.22. The van der Waals surface area contributed by atoms with Gasteiger partial charge >= 0.3 is 0 Å². The zero-order valence-corrected chi connectivity index (χ0v) is 14.8. The molecule has 23 heavy (non-hydrogen) atoms. The number of hydrogen-bond acceptors (Lipinski definition) is 2. The molecule has 1 aliphatic rings. The van der Waals surface area contributed by atoms with E-state index in [-0.39, 0.29) is 6.10 Å². The molecule has 0 aliphatic heterocycles. The van der Waals surface area contributed by atoms with E-state index in [9.17, 15) is 5.11 Å². The molecule has 1 fully saturated rings. The highest BCUT2D eigenvalue weighted by Crippen LogP contribution is 2.26. The topological polar surface area (TPSA) is 28.4 Å². The first-order valence-electron chi connectivity index (χ1n) is 9.00. The number of aromatic nitrogens is 1. The molecular weight excluding hydrogens is 284 g/mol. The minimum atomic E-state index is -0.323. The predicted molar refractivity (Wildman–Crippen MR) is 96.9 cm³/mol. The van der Waals surface area contributed by atoms with E-state index in [1.807, 2.05) is 0 Å². The number of para-hydroxylation sites is 1. The first kappa shape index (κ1) is 16.5. The lowest BCUT2D eigenvalue weighted by Crippen LogP contribution is -2.40. The maximum atomic E-state index is 10.6. The van der Waals surface area contributed by atoms with Gasteiger partial charge in [0.2, 0.25) is 0 Å². The van der Waals surface area contributed by atoms with Gasteiger partial charge in [-0.25, -0.2) is 0 Å². The highest BCUT2D eigenvalue weighted by Gasteiger charge is 2.21. The van der Waals surface area contributed by atoms with Gasteiger partial charge in [-0.1, -0.05) is 37.5 Å². The molecule has 1 atom stereocenters. The van der Waals surface area contributed by atoms with E-state index in [4.69, 9.17) is 0 Å². The van der Waals surface area contributed by atoms with Crippen LogP contribution in [0.15, 0.2) is 24.3 Å². The Morgan fingerprint density at radius 2 is 1.87 bits per heavy atom. The van der Waals surface area contributed by atoms with Crippen molar-refractivity contribution in [1.82, 2.24) is 9.47 Å². The fourth-order valence-electron chi connectivity index (χ4n) is 4.11.